The van der Waals surface area contributed by atoms with Gasteiger partial charge in [-0.1, -0.05) is 29.8 Å². The molecular weight excluding hydrogens is 288 g/mol. The van der Waals surface area contributed by atoms with Crippen LogP contribution in [0.3, 0.4) is 0 Å². The molecule has 0 aromatic heterocycles. The topological polar surface area (TPSA) is 46.5 Å². The molecule has 4 heteroatoms. The maximum Gasteiger partial charge on any atom is 0.307 e. The second-order valence-corrected chi connectivity index (χ2v) is 6.79. The molecule has 1 aliphatic carbocycles. The third-order valence-electron chi connectivity index (χ3n) is 5.08. The highest BCUT2D eigenvalue weighted by Crippen LogP contribution is 2.46. The number of hydrogen-bond acceptors (Lipinski definition) is 2. The average Bonchev–Trinajstić information content (AvgIpc) is 2.44. The zero-order chi connectivity index (χ0) is 14.9. The van der Waals surface area contributed by atoms with E-state index in [1.54, 1.807) is 0 Å². The predicted octanol–water partition coefficient (Wildman–Crippen LogP) is 3.93. The van der Waals surface area contributed by atoms with Crippen LogP contribution in [0.15, 0.2) is 24.3 Å². The van der Waals surface area contributed by atoms with Crippen LogP contribution in [0, 0.1) is 11.8 Å². The zero-order valence-electron chi connectivity index (χ0n) is 12.1. The molecule has 2 aliphatic rings. The Labute approximate surface area is 130 Å². The van der Waals surface area contributed by atoms with Crippen molar-refractivity contribution in [3.05, 3.63) is 34.9 Å². The Morgan fingerprint density at radius 3 is 2.81 bits per heavy atom. The van der Waals surface area contributed by atoms with E-state index in [9.17, 15) is 9.90 Å². The Morgan fingerprint density at radius 1 is 1.43 bits per heavy atom. The fourth-order valence-electron chi connectivity index (χ4n) is 3.69. The molecule has 2 atom stereocenters. The van der Waals surface area contributed by atoms with Crippen molar-refractivity contribution in [3.63, 3.8) is 0 Å². The number of aliphatic carboxylic acids is 1. The third-order valence-corrected chi connectivity index (χ3v) is 5.45. The monoisotopic (exact) mass is 308 g/mol. The molecular formula is C17H21ClO3. The lowest BCUT2D eigenvalue weighted by Gasteiger charge is -2.48. The van der Waals surface area contributed by atoms with Crippen LogP contribution in [-0.4, -0.2) is 23.3 Å². The Kier molecular flexibility index (Phi) is 4.23. The number of carboxylic acid groups (broad SMARTS) is 1. The van der Waals surface area contributed by atoms with Crippen molar-refractivity contribution in [1.29, 1.82) is 0 Å². The molecule has 1 saturated heterocycles. The fourth-order valence-corrected chi connectivity index (χ4v) is 3.90. The van der Waals surface area contributed by atoms with Crippen LogP contribution in [-0.2, 0) is 16.0 Å². The predicted molar refractivity (Wildman–Crippen MR) is 81.5 cm³/mol. The molecule has 3 rings (SSSR count). The number of halogens is 1. The Balaban J connectivity index is 1.75. The van der Waals surface area contributed by atoms with E-state index >= 15 is 0 Å². The third kappa shape index (κ3) is 3.09. The normalized spacial score (nSPS) is 25.3. The minimum atomic E-state index is -0.712. The van der Waals surface area contributed by atoms with E-state index in [2.05, 4.69) is 0 Å². The summed E-state index contributed by atoms with van der Waals surface area (Å²) < 4.78 is 5.92. The molecule has 1 aromatic rings. The summed E-state index contributed by atoms with van der Waals surface area (Å²) in [7, 11) is 0. The summed E-state index contributed by atoms with van der Waals surface area (Å²) in [4.78, 5) is 11.7. The van der Waals surface area contributed by atoms with Crippen molar-refractivity contribution in [2.75, 3.05) is 6.61 Å². The molecule has 1 spiro atoms. The summed E-state index contributed by atoms with van der Waals surface area (Å²) in [6.07, 6.45) is 5.60. The van der Waals surface area contributed by atoms with Crippen molar-refractivity contribution in [3.8, 4) is 0 Å². The van der Waals surface area contributed by atoms with Crippen molar-refractivity contribution in [2.45, 2.75) is 44.1 Å². The Hall–Kier alpha value is -1.06. The van der Waals surface area contributed by atoms with Crippen LogP contribution in [0.25, 0.3) is 0 Å². The van der Waals surface area contributed by atoms with Crippen LogP contribution < -0.4 is 0 Å². The fraction of sp³-hybridized carbons (Fsp3) is 0.588. The van der Waals surface area contributed by atoms with E-state index < -0.39 is 5.97 Å². The summed E-state index contributed by atoms with van der Waals surface area (Å²) in [5, 5.41) is 10.3. The van der Waals surface area contributed by atoms with Crippen LogP contribution in [0.4, 0.5) is 0 Å². The molecule has 2 fully saturated rings. The number of carboxylic acids is 1. The van der Waals surface area contributed by atoms with Gasteiger partial charge in [-0.05, 0) is 56.1 Å². The zero-order valence-corrected chi connectivity index (χ0v) is 12.8. The number of ether oxygens (including phenoxy) is 1. The van der Waals surface area contributed by atoms with Gasteiger partial charge < -0.3 is 9.84 Å². The van der Waals surface area contributed by atoms with Crippen molar-refractivity contribution >= 4 is 17.6 Å². The summed E-state index contributed by atoms with van der Waals surface area (Å²) in [6.45, 7) is 0.691. The molecule has 1 saturated carbocycles. The first-order valence-electron chi connectivity index (χ1n) is 7.70. The number of benzene rings is 1. The molecule has 1 aliphatic heterocycles. The van der Waals surface area contributed by atoms with Gasteiger partial charge in [-0.25, -0.2) is 0 Å². The molecule has 21 heavy (non-hydrogen) atoms. The molecule has 3 nitrogen and oxygen atoms in total. The quantitative estimate of drug-likeness (QED) is 0.916. The maximum atomic E-state index is 11.7. The SMILES string of the molecule is O=C(O)C(Cc1ccccc1Cl)C1CCOC2(CCC2)C1. The van der Waals surface area contributed by atoms with Gasteiger partial charge in [0.25, 0.3) is 0 Å². The van der Waals surface area contributed by atoms with Crippen molar-refractivity contribution in [1.82, 2.24) is 0 Å². The first kappa shape index (κ1) is 14.9. The standard InChI is InChI=1S/C17H21ClO3/c18-15-5-2-1-4-12(15)10-14(16(19)20)13-6-9-21-17(11-13)7-3-8-17/h1-2,4-5,13-14H,3,6-11H2,(H,19,20). The maximum absolute atomic E-state index is 11.7. The van der Waals surface area contributed by atoms with Crippen LogP contribution in [0.1, 0.15) is 37.7 Å². The highest BCUT2D eigenvalue weighted by molar-refractivity contribution is 6.31. The van der Waals surface area contributed by atoms with Gasteiger partial charge in [0, 0.05) is 11.6 Å². The molecule has 2 unspecified atom stereocenters. The minimum absolute atomic E-state index is 0.0168. The smallest absolute Gasteiger partial charge is 0.307 e. The lowest BCUT2D eigenvalue weighted by Crippen LogP contribution is -2.48. The van der Waals surface area contributed by atoms with Crippen LogP contribution >= 0.6 is 11.6 Å². The number of rotatable bonds is 4. The summed E-state index contributed by atoms with van der Waals surface area (Å²) in [5.74, 6) is -0.893. The summed E-state index contributed by atoms with van der Waals surface area (Å²) in [6, 6.07) is 7.54. The van der Waals surface area contributed by atoms with Crippen LogP contribution in [0.2, 0.25) is 5.02 Å². The van der Waals surface area contributed by atoms with Gasteiger partial charge in [0.1, 0.15) is 0 Å². The lowest BCUT2D eigenvalue weighted by atomic mass is 9.68. The first-order chi connectivity index (χ1) is 10.1. The van der Waals surface area contributed by atoms with Gasteiger partial charge in [0.15, 0.2) is 0 Å². The van der Waals surface area contributed by atoms with Gasteiger partial charge in [-0.3, -0.25) is 4.79 Å². The van der Waals surface area contributed by atoms with Gasteiger partial charge in [0.2, 0.25) is 0 Å². The highest BCUT2D eigenvalue weighted by atomic mass is 35.5. The Morgan fingerprint density at radius 2 is 2.19 bits per heavy atom. The van der Waals surface area contributed by atoms with Crippen LogP contribution in [0.5, 0.6) is 0 Å². The van der Waals surface area contributed by atoms with Crippen molar-refractivity contribution in [2.24, 2.45) is 11.8 Å². The minimum Gasteiger partial charge on any atom is -0.481 e. The molecule has 0 amide bonds. The molecule has 0 bridgehead atoms. The number of hydrogen-bond donors (Lipinski definition) is 1. The van der Waals surface area contributed by atoms with Gasteiger partial charge in [-0.15, -0.1) is 0 Å². The molecule has 0 radical (unpaired) electrons. The van der Waals surface area contributed by atoms with Gasteiger partial charge >= 0.3 is 5.97 Å². The van der Waals surface area contributed by atoms with E-state index in [0.29, 0.717) is 18.1 Å². The summed E-state index contributed by atoms with van der Waals surface area (Å²) >= 11 is 6.19. The van der Waals surface area contributed by atoms with E-state index in [1.165, 1.54) is 6.42 Å². The molecule has 1 heterocycles. The molecule has 114 valence electrons. The Bertz CT molecular complexity index is 525. The van der Waals surface area contributed by atoms with E-state index in [0.717, 1.165) is 31.2 Å². The van der Waals surface area contributed by atoms with E-state index in [1.807, 2.05) is 24.3 Å². The van der Waals surface area contributed by atoms with Gasteiger partial charge in [0.05, 0.1) is 11.5 Å². The molecule has 1 N–H and O–H groups in total. The second-order valence-electron chi connectivity index (χ2n) is 6.38. The van der Waals surface area contributed by atoms with E-state index in [4.69, 9.17) is 16.3 Å². The lowest BCUT2D eigenvalue weighted by molar-refractivity contribution is -0.162. The van der Waals surface area contributed by atoms with E-state index in [-0.39, 0.29) is 17.4 Å². The highest BCUT2D eigenvalue weighted by Gasteiger charge is 2.45. The largest absolute Gasteiger partial charge is 0.481 e. The average molecular weight is 309 g/mol. The van der Waals surface area contributed by atoms with Crippen molar-refractivity contribution < 1.29 is 14.6 Å². The first-order valence-corrected chi connectivity index (χ1v) is 8.08. The van der Waals surface area contributed by atoms with Gasteiger partial charge in [-0.2, -0.15) is 0 Å². The molecule has 1 aromatic carbocycles. The second kappa shape index (κ2) is 5.98. The summed E-state index contributed by atoms with van der Waals surface area (Å²) in [5.41, 5.74) is 0.914. The number of carbonyl (C=O) groups is 1.